The highest BCUT2D eigenvalue weighted by atomic mass is 19.4. The normalized spacial score (nSPS) is 22.2. The molecule has 0 radical (unpaired) electrons. The number of aromatic nitrogens is 1. The summed E-state index contributed by atoms with van der Waals surface area (Å²) in [5.41, 5.74) is 4.35. The summed E-state index contributed by atoms with van der Waals surface area (Å²) < 4.78 is 63.2. The third-order valence-corrected chi connectivity index (χ3v) is 3.50. The number of nitrogens with two attached hydrogens (primary N) is 1. The zero-order chi connectivity index (χ0) is 14.3. The molecule has 1 aromatic rings. The summed E-state index contributed by atoms with van der Waals surface area (Å²) in [5, 5.41) is 0. The van der Waals surface area contributed by atoms with E-state index in [1.165, 1.54) is 6.07 Å². The van der Waals surface area contributed by atoms with Crippen molar-refractivity contribution < 1.29 is 22.0 Å². The van der Waals surface area contributed by atoms with E-state index in [1.54, 1.807) is 0 Å². The van der Waals surface area contributed by atoms with Crippen LogP contribution in [0.3, 0.4) is 0 Å². The molecule has 0 bridgehead atoms. The van der Waals surface area contributed by atoms with E-state index < -0.39 is 23.3 Å². The molecule has 1 aliphatic carbocycles. The largest absolute Gasteiger partial charge is 0.433 e. The smallest absolute Gasteiger partial charge is 0.321 e. The van der Waals surface area contributed by atoms with Gasteiger partial charge < -0.3 is 5.73 Å². The Morgan fingerprint density at radius 3 is 2.05 bits per heavy atom. The Hall–Kier alpha value is -1.24. The molecule has 1 aliphatic rings. The van der Waals surface area contributed by atoms with Crippen molar-refractivity contribution in [3.63, 3.8) is 0 Å². The summed E-state index contributed by atoms with van der Waals surface area (Å²) in [6.07, 6.45) is -4.12. The lowest BCUT2D eigenvalue weighted by Crippen LogP contribution is -2.43. The number of rotatable bonds is 1. The van der Waals surface area contributed by atoms with E-state index in [1.807, 2.05) is 0 Å². The van der Waals surface area contributed by atoms with E-state index in [0.29, 0.717) is 5.56 Å². The maximum atomic E-state index is 13.1. The molecular formula is C12H13F5N2. The van der Waals surface area contributed by atoms with Gasteiger partial charge in [0.05, 0.1) is 0 Å². The number of halogens is 5. The first-order chi connectivity index (χ1) is 8.62. The average Bonchev–Trinajstić information content (AvgIpc) is 2.33. The standard InChI is InChI=1S/C12H13F5N2/c13-11(14)5-3-10(18,4-6-11)8-1-2-9(19-7-8)12(15,16)17/h1-2,7H,3-6,18H2. The quantitative estimate of drug-likeness (QED) is 0.800. The summed E-state index contributed by atoms with van der Waals surface area (Å²) >= 11 is 0. The third kappa shape index (κ3) is 3.02. The minimum Gasteiger partial charge on any atom is -0.321 e. The van der Waals surface area contributed by atoms with E-state index in [4.69, 9.17) is 5.73 Å². The van der Waals surface area contributed by atoms with Crippen molar-refractivity contribution in [3.05, 3.63) is 29.6 Å². The summed E-state index contributed by atoms with van der Waals surface area (Å²) in [6.45, 7) is 0. The molecule has 0 amide bonds. The summed E-state index contributed by atoms with van der Waals surface area (Å²) in [4.78, 5) is 3.31. The minimum atomic E-state index is -4.51. The fourth-order valence-electron chi connectivity index (χ4n) is 2.21. The highest BCUT2D eigenvalue weighted by Crippen LogP contribution is 2.42. The summed E-state index contributed by atoms with van der Waals surface area (Å²) in [5.74, 6) is -2.73. The summed E-state index contributed by atoms with van der Waals surface area (Å²) in [6, 6.07) is 2.05. The summed E-state index contributed by atoms with van der Waals surface area (Å²) in [7, 11) is 0. The van der Waals surface area contributed by atoms with Gasteiger partial charge in [-0.25, -0.2) is 8.78 Å². The van der Waals surface area contributed by atoms with E-state index in [2.05, 4.69) is 4.98 Å². The molecule has 1 heterocycles. The van der Waals surface area contributed by atoms with Crippen LogP contribution in [0.1, 0.15) is 36.9 Å². The Bertz CT molecular complexity index is 442. The molecule has 1 aromatic heterocycles. The fraction of sp³-hybridized carbons (Fsp3) is 0.583. The molecule has 2 nitrogen and oxygen atoms in total. The number of hydrogen-bond donors (Lipinski definition) is 1. The van der Waals surface area contributed by atoms with Gasteiger partial charge >= 0.3 is 6.18 Å². The Kier molecular flexibility index (Phi) is 3.28. The van der Waals surface area contributed by atoms with Crippen LogP contribution >= 0.6 is 0 Å². The predicted molar refractivity (Wildman–Crippen MR) is 58.5 cm³/mol. The Morgan fingerprint density at radius 1 is 1.05 bits per heavy atom. The predicted octanol–water partition coefficient (Wildman–Crippen LogP) is 3.46. The lowest BCUT2D eigenvalue weighted by Gasteiger charge is -2.37. The van der Waals surface area contributed by atoms with Gasteiger partial charge in [0.25, 0.3) is 0 Å². The van der Waals surface area contributed by atoms with Gasteiger partial charge in [-0.15, -0.1) is 0 Å². The van der Waals surface area contributed by atoms with Crippen molar-refractivity contribution in [1.82, 2.24) is 4.98 Å². The second kappa shape index (κ2) is 4.40. The first-order valence-electron chi connectivity index (χ1n) is 5.83. The molecule has 1 saturated carbocycles. The van der Waals surface area contributed by atoms with Crippen LogP contribution < -0.4 is 5.73 Å². The van der Waals surface area contributed by atoms with Gasteiger partial charge in [-0.2, -0.15) is 13.2 Å². The lowest BCUT2D eigenvalue weighted by molar-refractivity contribution is -0.141. The zero-order valence-electron chi connectivity index (χ0n) is 9.97. The maximum absolute atomic E-state index is 13.1. The second-order valence-corrected chi connectivity index (χ2v) is 4.94. The Balaban J connectivity index is 2.19. The lowest BCUT2D eigenvalue weighted by atomic mass is 9.76. The second-order valence-electron chi connectivity index (χ2n) is 4.94. The Labute approximate surface area is 106 Å². The monoisotopic (exact) mass is 280 g/mol. The van der Waals surface area contributed by atoms with Crippen molar-refractivity contribution in [3.8, 4) is 0 Å². The van der Waals surface area contributed by atoms with Crippen molar-refractivity contribution in [2.75, 3.05) is 0 Å². The van der Waals surface area contributed by atoms with Crippen LogP contribution in [-0.4, -0.2) is 10.9 Å². The van der Waals surface area contributed by atoms with E-state index in [9.17, 15) is 22.0 Å². The SMILES string of the molecule is NC1(c2ccc(C(F)(F)F)nc2)CCC(F)(F)CC1. The first-order valence-corrected chi connectivity index (χ1v) is 5.83. The van der Waals surface area contributed by atoms with Crippen molar-refractivity contribution in [2.45, 2.75) is 43.3 Å². The van der Waals surface area contributed by atoms with Crippen LogP contribution in [0, 0.1) is 0 Å². The Morgan fingerprint density at radius 2 is 1.63 bits per heavy atom. The molecule has 0 atom stereocenters. The van der Waals surface area contributed by atoms with Crippen LogP contribution in [0.4, 0.5) is 22.0 Å². The van der Waals surface area contributed by atoms with Gasteiger partial charge in [-0.05, 0) is 24.5 Å². The van der Waals surface area contributed by atoms with E-state index in [0.717, 1.165) is 12.3 Å². The molecule has 19 heavy (non-hydrogen) atoms. The molecule has 7 heteroatoms. The van der Waals surface area contributed by atoms with Gasteiger partial charge in [-0.1, -0.05) is 6.07 Å². The first kappa shape index (κ1) is 14.2. The molecular weight excluding hydrogens is 267 g/mol. The van der Waals surface area contributed by atoms with Crippen LogP contribution in [0.15, 0.2) is 18.3 Å². The fourth-order valence-corrected chi connectivity index (χ4v) is 2.21. The van der Waals surface area contributed by atoms with Gasteiger partial charge in [0.2, 0.25) is 5.92 Å². The molecule has 1 fully saturated rings. The highest BCUT2D eigenvalue weighted by molar-refractivity contribution is 5.24. The molecule has 2 N–H and O–H groups in total. The maximum Gasteiger partial charge on any atom is 0.433 e. The third-order valence-electron chi connectivity index (χ3n) is 3.50. The highest BCUT2D eigenvalue weighted by Gasteiger charge is 2.42. The van der Waals surface area contributed by atoms with Gasteiger partial charge in [0, 0.05) is 24.6 Å². The van der Waals surface area contributed by atoms with Crippen LogP contribution in [-0.2, 0) is 11.7 Å². The van der Waals surface area contributed by atoms with E-state index >= 15 is 0 Å². The van der Waals surface area contributed by atoms with Gasteiger partial charge in [0.1, 0.15) is 5.69 Å². The average molecular weight is 280 g/mol. The topological polar surface area (TPSA) is 38.9 Å². The number of pyridine rings is 1. The van der Waals surface area contributed by atoms with Crippen LogP contribution in [0.5, 0.6) is 0 Å². The van der Waals surface area contributed by atoms with Crippen molar-refractivity contribution >= 4 is 0 Å². The molecule has 2 rings (SSSR count). The number of nitrogens with zero attached hydrogens (tertiary/aromatic N) is 1. The molecule has 0 spiro atoms. The van der Waals surface area contributed by atoms with Gasteiger partial charge in [-0.3, -0.25) is 4.98 Å². The molecule has 106 valence electrons. The van der Waals surface area contributed by atoms with Crippen LogP contribution in [0.25, 0.3) is 0 Å². The zero-order valence-corrected chi connectivity index (χ0v) is 9.97. The van der Waals surface area contributed by atoms with Crippen molar-refractivity contribution in [2.24, 2.45) is 5.73 Å². The number of alkyl halides is 5. The molecule has 0 aliphatic heterocycles. The minimum absolute atomic E-state index is 0.0348. The van der Waals surface area contributed by atoms with E-state index in [-0.39, 0.29) is 25.7 Å². The molecule has 0 aromatic carbocycles. The van der Waals surface area contributed by atoms with Crippen molar-refractivity contribution in [1.29, 1.82) is 0 Å². The number of hydrogen-bond acceptors (Lipinski definition) is 2. The van der Waals surface area contributed by atoms with Crippen LogP contribution in [0.2, 0.25) is 0 Å². The molecule has 0 saturated heterocycles. The molecule has 0 unspecified atom stereocenters. The van der Waals surface area contributed by atoms with Gasteiger partial charge in [0.15, 0.2) is 0 Å².